The van der Waals surface area contributed by atoms with Crippen molar-refractivity contribution < 1.29 is 59.7 Å². The molecule has 1 spiro atoms. The Labute approximate surface area is 339 Å². The molecule has 15 nitrogen and oxygen atoms in total. The van der Waals surface area contributed by atoms with E-state index >= 15 is 0 Å². The van der Waals surface area contributed by atoms with Gasteiger partial charge in [0.05, 0.1) is 35.7 Å². The monoisotopic (exact) mass is 847 g/mol. The molecule has 6 aliphatic rings. The minimum atomic E-state index is -4.91. The van der Waals surface area contributed by atoms with Gasteiger partial charge in [0.1, 0.15) is 41.3 Å². The van der Waals surface area contributed by atoms with Gasteiger partial charge in [0.15, 0.2) is 0 Å². The van der Waals surface area contributed by atoms with Crippen molar-refractivity contribution in [3.63, 3.8) is 0 Å². The minimum absolute atomic E-state index is 0.0481. The van der Waals surface area contributed by atoms with Crippen molar-refractivity contribution >= 4 is 44.7 Å². The second-order valence-corrected chi connectivity index (χ2v) is 19.3. The molecule has 3 N–H and O–H groups in total. The summed E-state index contributed by atoms with van der Waals surface area (Å²) in [6.45, 7) is 4.17. The zero-order chi connectivity index (χ0) is 42.0. The molecule has 59 heavy (non-hydrogen) atoms. The lowest BCUT2D eigenvalue weighted by atomic mass is 9.87. The Hall–Kier alpha value is -4.65. The Morgan fingerprint density at radius 2 is 1.88 bits per heavy atom. The molecule has 320 valence electrons. The maximum absolute atomic E-state index is 14.7. The van der Waals surface area contributed by atoms with Crippen LogP contribution in [-0.4, -0.2) is 103 Å². The number of sulfonamides is 1. The Balaban J connectivity index is 1.12. The first kappa shape index (κ1) is 41.1. The first-order chi connectivity index (χ1) is 27.9. The first-order valence-electron chi connectivity index (χ1n) is 20.1. The fourth-order valence-electron chi connectivity index (χ4n) is 8.63. The third kappa shape index (κ3) is 8.28. The van der Waals surface area contributed by atoms with Crippen LogP contribution in [0.3, 0.4) is 0 Å². The zero-order valence-corrected chi connectivity index (χ0v) is 33.6. The van der Waals surface area contributed by atoms with E-state index in [0.29, 0.717) is 73.2 Å². The summed E-state index contributed by atoms with van der Waals surface area (Å²) >= 11 is 0. The number of alkyl carbamates (subject to hydrolysis) is 1. The molecule has 1 aromatic carbocycles. The van der Waals surface area contributed by atoms with Crippen LogP contribution in [0, 0.1) is 18.8 Å². The van der Waals surface area contributed by atoms with Crippen LogP contribution in [0.1, 0.15) is 82.4 Å². The summed E-state index contributed by atoms with van der Waals surface area (Å²) in [6.07, 6.45) is 2.34. The van der Waals surface area contributed by atoms with E-state index < -0.39 is 79.8 Å². The van der Waals surface area contributed by atoms with Gasteiger partial charge < -0.3 is 34.5 Å². The lowest BCUT2D eigenvalue weighted by Crippen LogP contribution is -2.58. The van der Waals surface area contributed by atoms with Gasteiger partial charge in [-0.25, -0.2) is 18.2 Å². The summed E-state index contributed by atoms with van der Waals surface area (Å²) in [7, 11) is -4.05. The molecular formula is C40H48F3N5O10S. The molecule has 8 rings (SSSR count). The summed E-state index contributed by atoms with van der Waals surface area (Å²) in [6, 6.07) is 1.56. The van der Waals surface area contributed by atoms with Crippen molar-refractivity contribution in [1.29, 1.82) is 0 Å². The smallest absolute Gasteiger partial charge is 0.483 e. The number of pyridine rings is 1. The molecule has 4 amide bonds. The van der Waals surface area contributed by atoms with E-state index in [1.807, 2.05) is 12.2 Å². The van der Waals surface area contributed by atoms with Gasteiger partial charge in [0.2, 0.25) is 21.8 Å². The molecule has 5 atom stereocenters. The lowest BCUT2D eigenvalue weighted by molar-refractivity contribution is -0.274. The first-order valence-corrected chi connectivity index (χ1v) is 21.6. The van der Waals surface area contributed by atoms with Gasteiger partial charge in [0.25, 0.3) is 5.91 Å². The van der Waals surface area contributed by atoms with Crippen LogP contribution in [0.5, 0.6) is 11.5 Å². The van der Waals surface area contributed by atoms with Gasteiger partial charge in [-0.15, -0.1) is 13.2 Å². The van der Waals surface area contributed by atoms with Crippen LogP contribution in [0.2, 0.25) is 0 Å². The molecule has 0 bridgehead atoms. The van der Waals surface area contributed by atoms with Crippen LogP contribution in [0.25, 0.3) is 10.9 Å². The second kappa shape index (κ2) is 15.1. The number of nitrogens with zero attached hydrogens (tertiary/aromatic N) is 2. The van der Waals surface area contributed by atoms with Gasteiger partial charge >= 0.3 is 12.5 Å². The molecule has 2 saturated heterocycles. The van der Waals surface area contributed by atoms with Gasteiger partial charge in [0, 0.05) is 29.2 Å². The number of aryl methyl sites for hydroxylation is 2. The Bertz CT molecular complexity index is 2200. The number of fused-ring (bicyclic) bond motifs is 5. The van der Waals surface area contributed by atoms with E-state index in [4.69, 9.17) is 14.2 Å². The maximum atomic E-state index is 14.7. The molecule has 19 heteroatoms. The van der Waals surface area contributed by atoms with Crippen LogP contribution in [0.4, 0.5) is 18.0 Å². The van der Waals surface area contributed by atoms with Crippen molar-refractivity contribution in [2.75, 3.05) is 26.4 Å². The molecule has 2 saturated carbocycles. The Morgan fingerprint density at radius 3 is 2.59 bits per heavy atom. The summed E-state index contributed by atoms with van der Waals surface area (Å²) in [5.41, 5.74) is -1.31. The number of halogens is 3. The largest absolute Gasteiger partial charge is 0.573 e. The molecular weight excluding hydrogens is 800 g/mol. The fourth-order valence-corrected chi connectivity index (χ4v) is 9.94. The molecule has 0 unspecified atom stereocenters. The lowest BCUT2D eigenvalue weighted by Gasteiger charge is -2.36. The number of hydrogen-bond acceptors (Lipinski definition) is 11. The van der Waals surface area contributed by atoms with E-state index in [1.54, 1.807) is 13.8 Å². The van der Waals surface area contributed by atoms with Crippen LogP contribution < -0.4 is 24.8 Å². The summed E-state index contributed by atoms with van der Waals surface area (Å²) in [5.74, 6) is -2.69. The van der Waals surface area contributed by atoms with Gasteiger partial charge in [-0.2, -0.15) is 0 Å². The number of benzene rings is 1. The number of carbonyl (C=O) groups excluding carboxylic acids is 4. The highest BCUT2D eigenvalue weighted by Gasteiger charge is 2.64. The van der Waals surface area contributed by atoms with Crippen LogP contribution in [0.15, 0.2) is 30.4 Å². The SMILES string of the molecule is Cc1nc2ccc(OC(F)(F)F)cc2c2c1O[C@]1(CC2)C[C@H]2C(=O)N[C@]3(C(=O)NS(=O)(=O)C4(C)CC4)C[C@H]3/C=C\CCCCC[C@H](NC(=O)OCC3COC3)C(=O)N2C1. The molecule has 0 radical (unpaired) electrons. The topological polar surface area (TPSA) is 192 Å². The van der Waals surface area contributed by atoms with Gasteiger partial charge in [-0.3, -0.25) is 19.1 Å². The van der Waals surface area contributed by atoms with Crippen molar-refractivity contribution in [3.8, 4) is 11.5 Å². The number of alkyl halides is 3. The van der Waals surface area contributed by atoms with Crippen molar-refractivity contribution in [2.24, 2.45) is 11.8 Å². The van der Waals surface area contributed by atoms with Crippen LogP contribution >= 0.6 is 0 Å². The molecule has 4 fully saturated rings. The molecule has 1 aromatic heterocycles. The number of ether oxygens (including phenoxy) is 4. The Kier molecular flexibility index (Phi) is 10.5. The number of nitrogens with one attached hydrogen (secondary N) is 3. The standard InChI is InChI=1S/C40H48F3N5O10S/c1-23-32-27(28-16-26(57-40(41,42)43)10-11-29(28)44-23)12-13-38(58-32)18-31-33(49)46-39(35(51)47-59(53,54)37(2)14-15-37)17-25(39)8-6-4-3-5-7-9-30(34(50)48(31)22-38)45-36(52)56-21-24-19-55-20-24/h6,8,10-11,16,24-25,30-31H,3-5,7,9,12-15,17-22H2,1-2H3,(H,45,52)(H,46,49)(H,47,51)/b8-6-/t25-,30+,31+,38-,39-/m1/s1. The predicted molar refractivity (Wildman–Crippen MR) is 203 cm³/mol. The summed E-state index contributed by atoms with van der Waals surface area (Å²) in [5, 5.41) is 5.99. The highest BCUT2D eigenvalue weighted by molar-refractivity contribution is 7.91. The Morgan fingerprint density at radius 1 is 1.10 bits per heavy atom. The van der Waals surface area contributed by atoms with Crippen molar-refractivity contribution in [1.82, 2.24) is 25.2 Å². The zero-order valence-electron chi connectivity index (χ0n) is 32.8. The van der Waals surface area contributed by atoms with E-state index in [2.05, 4.69) is 25.1 Å². The van der Waals surface area contributed by atoms with E-state index in [1.165, 1.54) is 23.1 Å². The van der Waals surface area contributed by atoms with Crippen molar-refractivity contribution in [3.05, 3.63) is 41.6 Å². The molecule has 2 aliphatic carbocycles. The highest BCUT2D eigenvalue weighted by Crippen LogP contribution is 2.49. The highest BCUT2D eigenvalue weighted by atomic mass is 32.2. The predicted octanol–water partition coefficient (Wildman–Crippen LogP) is 4.24. The number of rotatable bonds is 7. The molecule has 4 aliphatic heterocycles. The average molecular weight is 848 g/mol. The quantitative estimate of drug-likeness (QED) is 0.338. The number of amides is 4. The average Bonchev–Trinajstić information content (AvgIpc) is 4.04. The maximum Gasteiger partial charge on any atom is 0.573 e. The fraction of sp³-hybridized carbons (Fsp3) is 0.625. The number of carbonyl (C=O) groups is 4. The second-order valence-electron chi connectivity index (χ2n) is 17.1. The van der Waals surface area contributed by atoms with Gasteiger partial charge in [-0.05, 0) is 83.4 Å². The number of aromatic nitrogens is 1. The normalized spacial score (nSPS) is 29.9. The van der Waals surface area contributed by atoms with E-state index in [-0.39, 0.29) is 51.2 Å². The van der Waals surface area contributed by atoms with Crippen molar-refractivity contribution in [2.45, 2.75) is 119 Å². The molecule has 5 heterocycles. The number of hydrogen-bond donors (Lipinski definition) is 3. The van der Waals surface area contributed by atoms with E-state index in [9.17, 15) is 40.8 Å². The molecule has 2 aromatic rings. The summed E-state index contributed by atoms with van der Waals surface area (Å²) in [4.78, 5) is 62.4. The van der Waals surface area contributed by atoms with Gasteiger partial charge in [-0.1, -0.05) is 25.0 Å². The van der Waals surface area contributed by atoms with E-state index in [0.717, 1.165) is 6.42 Å². The summed E-state index contributed by atoms with van der Waals surface area (Å²) < 4.78 is 88.5. The third-order valence-corrected chi connectivity index (χ3v) is 14.8. The number of allylic oxidation sites excluding steroid dienone is 1. The third-order valence-electron chi connectivity index (χ3n) is 12.6. The minimum Gasteiger partial charge on any atom is -0.483 e. The van der Waals surface area contributed by atoms with Crippen LogP contribution in [-0.2, 0) is 40.3 Å².